The maximum atomic E-state index is 12.8. The van der Waals surface area contributed by atoms with Gasteiger partial charge in [0.05, 0.1) is 18.8 Å². The first-order chi connectivity index (χ1) is 10.5. The summed E-state index contributed by atoms with van der Waals surface area (Å²) in [5, 5.41) is 2.86. The molecule has 1 aromatic carbocycles. The van der Waals surface area contributed by atoms with E-state index >= 15 is 0 Å². The van der Waals surface area contributed by atoms with Crippen molar-refractivity contribution < 1.29 is 22.2 Å². The lowest BCUT2D eigenvalue weighted by atomic mass is 10.2. The van der Waals surface area contributed by atoms with Crippen molar-refractivity contribution in [3.63, 3.8) is 0 Å². The average molecular weight is 369 g/mol. The monoisotopic (exact) mass is 369 g/mol. The van der Waals surface area contributed by atoms with Gasteiger partial charge in [-0.1, -0.05) is 33.8 Å². The van der Waals surface area contributed by atoms with Crippen LogP contribution in [-0.4, -0.2) is 13.2 Å². The first-order valence-electron chi connectivity index (χ1n) is 7.36. The average Bonchev–Trinajstić information content (AvgIpc) is 2.43. The van der Waals surface area contributed by atoms with Crippen molar-refractivity contribution in [2.75, 3.05) is 18.3 Å². The van der Waals surface area contributed by atoms with Gasteiger partial charge in [0.25, 0.3) is 6.64 Å². The van der Waals surface area contributed by atoms with Crippen molar-refractivity contribution >= 4 is 24.1 Å². The molecule has 8 heteroatoms. The minimum atomic E-state index is -4.40. The second-order valence-electron chi connectivity index (χ2n) is 6.07. The SMILES string of the molecule is CC(C)COP(=S)(Nc1cccc(C(F)(F)F)c1)OCC(C)C. The highest BCUT2D eigenvalue weighted by Crippen LogP contribution is 2.49. The van der Waals surface area contributed by atoms with Gasteiger partial charge in [-0.05, 0) is 41.8 Å². The van der Waals surface area contributed by atoms with Crippen LogP contribution in [0.5, 0.6) is 0 Å². The normalized spacial score (nSPS) is 12.9. The Hall–Kier alpha value is -0.620. The van der Waals surface area contributed by atoms with Crippen molar-refractivity contribution in [1.82, 2.24) is 0 Å². The van der Waals surface area contributed by atoms with Gasteiger partial charge in [0, 0.05) is 5.69 Å². The van der Waals surface area contributed by atoms with Crippen LogP contribution in [-0.2, 0) is 27.0 Å². The summed E-state index contributed by atoms with van der Waals surface area (Å²) in [5.74, 6) is 0.478. The number of nitrogens with one attached hydrogen (secondary N) is 1. The third-order valence-corrected chi connectivity index (χ3v) is 5.03. The van der Waals surface area contributed by atoms with E-state index in [1.165, 1.54) is 12.1 Å². The first kappa shape index (κ1) is 20.4. The Morgan fingerprint density at radius 2 is 1.61 bits per heavy atom. The molecule has 0 saturated carbocycles. The summed E-state index contributed by atoms with van der Waals surface area (Å²) in [6.45, 7) is 5.71. The number of alkyl halides is 3. The van der Waals surface area contributed by atoms with Gasteiger partial charge in [-0.2, -0.15) is 13.2 Å². The summed E-state index contributed by atoms with van der Waals surface area (Å²) in [5.41, 5.74) is -0.493. The zero-order valence-electron chi connectivity index (χ0n) is 13.7. The van der Waals surface area contributed by atoms with Crippen molar-refractivity contribution in [2.45, 2.75) is 33.9 Å². The third kappa shape index (κ3) is 7.66. The lowest BCUT2D eigenvalue weighted by Gasteiger charge is -2.26. The van der Waals surface area contributed by atoms with Crippen LogP contribution in [0.2, 0.25) is 0 Å². The molecule has 0 aliphatic carbocycles. The van der Waals surface area contributed by atoms with Gasteiger partial charge in [0.2, 0.25) is 0 Å². The molecule has 0 fully saturated rings. The molecule has 23 heavy (non-hydrogen) atoms. The van der Waals surface area contributed by atoms with E-state index in [-0.39, 0.29) is 17.5 Å². The summed E-state index contributed by atoms with van der Waals surface area (Å²) in [4.78, 5) is 0. The van der Waals surface area contributed by atoms with Crippen molar-refractivity contribution in [2.24, 2.45) is 11.8 Å². The highest BCUT2D eigenvalue weighted by atomic mass is 32.5. The molecular formula is C15H23F3NO2PS. The zero-order valence-corrected chi connectivity index (χ0v) is 15.4. The predicted octanol–water partition coefficient (Wildman–Crippen LogP) is 5.69. The van der Waals surface area contributed by atoms with Crippen LogP contribution < -0.4 is 5.09 Å². The third-order valence-electron chi connectivity index (χ3n) is 2.61. The summed E-state index contributed by atoms with van der Waals surface area (Å²) in [7, 11) is 0. The molecule has 0 radical (unpaired) electrons. The van der Waals surface area contributed by atoms with Crippen molar-refractivity contribution in [1.29, 1.82) is 0 Å². The van der Waals surface area contributed by atoms with E-state index < -0.39 is 18.4 Å². The summed E-state index contributed by atoms with van der Waals surface area (Å²) >= 11 is 5.43. The van der Waals surface area contributed by atoms with Gasteiger partial charge in [-0.25, -0.2) is 0 Å². The minimum Gasteiger partial charge on any atom is -0.316 e. The Labute approximate surface area is 140 Å². The molecule has 1 aromatic rings. The highest BCUT2D eigenvalue weighted by molar-refractivity contribution is 8.10. The molecule has 0 bridgehead atoms. The Morgan fingerprint density at radius 1 is 1.09 bits per heavy atom. The predicted molar refractivity (Wildman–Crippen MR) is 90.9 cm³/mol. The Bertz CT molecular complexity index is 534. The van der Waals surface area contributed by atoms with Crippen molar-refractivity contribution in [3.05, 3.63) is 29.8 Å². The molecule has 0 aliphatic rings. The van der Waals surface area contributed by atoms with Gasteiger partial charge in [-0.15, -0.1) is 0 Å². The van der Waals surface area contributed by atoms with E-state index in [4.69, 9.17) is 20.9 Å². The number of hydrogen-bond donors (Lipinski definition) is 1. The van der Waals surface area contributed by atoms with Gasteiger partial charge < -0.3 is 14.1 Å². The molecule has 1 N–H and O–H groups in total. The van der Waals surface area contributed by atoms with Crippen LogP contribution in [0.25, 0.3) is 0 Å². The zero-order chi connectivity index (χ0) is 17.7. The number of hydrogen-bond acceptors (Lipinski definition) is 3. The maximum Gasteiger partial charge on any atom is 0.416 e. The second kappa shape index (κ2) is 8.47. The molecule has 0 saturated heterocycles. The summed E-state index contributed by atoms with van der Waals surface area (Å²) < 4.78 is 49.8. The molecule has 0 spiro atoms. The minimum absolute atomic E-state index is 0.239. The fraction of sp³-hybridized carbons (Fsp3) is 0.600. The van der Waals surface area contributed by atoms with E-state index in [2.05, 4.69) is 5.09 Å². The Morgan fingerprint density at radius 3 is 2.04 bits per heavy atom. The largest absolute Gasteiger partial charge is 0.416 e. The van der Waals surface area contributed by atoms with Crippen LogP contribution in [0, 0.1) is 11.8 Å². The molecule has 0 unspecified atom stereocenters. The summed E-state index contributed by atoms with van der Waals surface area (Å²) in [6.07, 6.45) is -4.40. The smallest absolute Gasteiger partial charge is 0.316 e. The fourth-order valence-electron chi connectivity index (χ4n) is 1.52. The van der Waals surface area contributed by atoms with E-state index in [0.29, 0.717) is 13.2 Å². The number of anilines is 1. The molecule has 3 nitrogen and oxygen atoms in total. The molecule has 132 valence electrons. The second-order valence-corrected chi connectivity index (χ2v) is 9.24. The number of benzene rings is 1. The van der Waals surface area contributed by atoms with Crippen LogP contribution in [0.3, 0.4) is 0 Å². The lowest BCUT2D eigenvalue weighted by molar-refractivity contribution is -0.137. The quantitative estimate of drug-likeness (QED) is 0.597. The van der Waals surface area contributed by atoms with Gasteiger partial charge >= 0.3 is 6.18 Å². The number of rotatable bonds is 8. The Balaban J connectivity index is 2.93. The van der Waals surface area contributed by atoms with Crippen LogP contribution >= 0.6 is 6.64 Å². The molecule has 1 rings (SSSR count). The first-order valence-corrected chi connectivity index (χ1v) is 10.0. The lowest BCUT2D eigenvalue weighted by Crippen LogP contribution is -2.12. The molecule has 0 heterocycles. The van der Waals surface area contributed by atoms with E-state index in [0.717, 1.165) is 12.1 Å². The molecule has 0 aromatic heterocycles. The van der Waals surface area contributed by atoms with Crippen molar-refractivity contribution in [3.8, 4) is 0 Å². The van der Waals surface area contributed by atoms with Crippen LogP contribution in [0.1, 0.15) is 33.3 Å². The molecule has 0 atom stereocenters. The topological polar surface area (TPSA) is 30.5 Å². The van der Waals surface area contributed by atoms with Gasteiger partial charge in [-0.3, -0.25) is 0 Å². The molecular weight excluding hydrogens is 346 g/mol. The van der Waals surface area contributed by atoms with E-state index in [9.17, 15) is 13.2 Å². The van der Waals surface area contributed by atoms with Gasteiger partial charge in [0.1, 0.15) is 0 Å². The van der Waals surface area contributed by atoms with Gasteiger partial charge in [0.15, 0.2) is 0 Å². The molecule has 0 aliphatic heterocycles. The van der Waals surface area contributed by atoms with Crippen LogP contribution in [0.4, 0.5) is 18.9 Å². The number of halogens is 3. The molecule has 0 amide bonds. The highest BCUT2D eigenvalue weighted by Gasteiger charge is 2.31. The fourth-order valence-corrected chi connectivity index (χ4v) is 3.85. The summed E-state index contributed by atoms with van der Waals surface area (Å²) in [6, 6.07) is 4.88. The van der Waals surface area contributed by atoms with Crippen LogP contribution in [0.15, 0.2) is 24.3 Å². The van der Waals surface area contributed by atoms with E-state index in [1.807, 2.05) is 27.7 Å². The van der Waals surface area contributed by atoms with E-state index in [1.54, 1.807) is 0 Å². The standard InChI is InChI=1S/C15H23F3NO2PS/c1-11(2)9-20-22(23,21-10-12(3)4)19-14-7-5-6-13(8-14)15(16,17)18/h5-8,11-12H,9-10H2,1-4H3,(H,19,23). The Kier molecular flexibility index (Phi) is 7.52. The maximum absolute atomic E-state index is 12.8.